The van der Waals surface area contributed by atoms with Gasteiger partial charge in [0.15, 0.2) is 0 Å². The molecule has 31 heavy (non-hydrogen) atoms. The van der Waals surface area contributed by atoms with Gasteiger partial charge in [-0.3, -0.25) is 14.5 Å². The highest BCUT2D eigenvalue weighted by Gasteiger charge is 2.14. The Kier molecular flexibility index (Phi) is 7.84. The van der Waals surface area contributed by atoms with Gasteiger partial charge >= 0.3 is 0 Å². The first-order valence-electron chi connectivity index (χ1n) is 10.1. The number of hydrogen-bond donors (Lipinski definition) is 2. The smallest absolute Gasteiger partial charge is 0.253 e. The van der Waals surface area contributed by atoms with Crippen molar-refractivity contribution >= 4 is 17.5 Å². The monoisotopic (exact) mass is 421 g/mol. The van der Waals surface area contributed by atoms with Crippen LogP contribution in [0.25, 0.3) is 0 Å². The third-order valence-electron chi connectivity index (χ3n) is 4.69. The number of benzene rings is 2. The van der Waals surface area contributed by atoms with Crippen LogP contribution in [0.4, 0.5) is 5.69 Å². The van der Waals surface area contributed by atoms with Crippen LogP contribution in [0.2, 0.25) is 0 Å². The van der Waals surface area contributed by atoms with Gasteiger partial charge in [0.25, 0.3) is 5.91 Å². The molecular weight excluding hydrogens is 394 g/mol. The van der Waals surface area contributed by atoms with Crippen LogP contribution < -0.4 is 15.4 Å². The average Bonchev–Trinajstić information content (AvgIpc) is 3.27. The van der Waals surface area contributed by atoms with E-state index < -0.39 is 0 Å². The Morgan fingerprint density at radius 3 is 2.58 bits per heavy atom. The number of aryl methyl sites for hydroxylation is 1. The molecule has 0 unspecified atom stereocenters. The molecular formula is C24H27N3O4. The van der Waals surface area contributed by atoms with Crippen LogP contribution >= 0.6 is 0 Å². The molecule has 0 saturated carbocycles. The van der Waals surface area contributed by atoms with Crippen LogP contribution in [-0.4, -0.2) is 43.5 Å². The Bertz CT molecular complexity index is 1000. The van der Waals surface area contributed by atoms with Gasteiger partial charge in [-0.15, -0.1) is 0 Å². The number of nitrogens with zero attached hydrogens (tertiary/aromatic N) is 1. The highest BCUT2D eigenvalue weighted by molar-refractivity contribution is 6.04. The van der Waals surface area contributed by atoms with Crippen LogP contribution in [0.5, 0.6) is 5.75 Å². The Labute approximate surface area is 182 Å². The summed E-state index contributed by atoms with van der Waals surface area (Å²) in [5.74, 6) is 1.01. The Morgan fingerprint density at radius 1 is 1.03 bits per heavy atom. The zero-order valence-corrected chi connectivity index (χ0v) is 17.8. The Balaban J connectivity index is 1.48. The fraction of sp³-hybridized carbons (Fsp3) is 0.250. The first-order valence-corrected chi connectivity index (χ1v) is 10.1. The van der Waals surface area contributed by atoms with Crippen LogP contribution in [0.1, 0.15) is 21.7 Å². The van der Waals surface area contributed by atoms with Crippen molar-refractivity contribution in [3.05, 3.63) is 83.8 Å². The maximum Gasteiger partial charge on any atom is 0.253 e. The van der Waals surface area contributed by atoms with Crippen molar-refractivity contribution in [2.24, 2.45) is 0 Å². The molecule has 7 nitrogen and oxygen atoms in total. The number of amides is 2. The summed E-state index contributed by atoms with van der Waals surface area (Å²) in [4.78, 5) is 26.9. The lowest BCUT2D eigenvalue weighted by molar-refractivity contribution is -0.117. The predicted molar refractivity (Wildman–Crippen MR) is 119 cm³/mol. The largest absolute Gasteiger partial charge is 0.492 e. The molecule has 3 aromatic rings. The molecule has 0 bridgehead atoms. The van der Waals surface area contributed by atoms with Gasteiger partial charge in [-0.2, -0.15) is 0 Å². The molecule has 2 N–H and O–H groups in total. The lowest BCUT2D eigenvalue weighted by atomic mass is 10.1. The minimum Gasteiger partial charge on any atom is -0.492 e. The van der Waals surface area contributed by atoms with Crippen molar-refractivity contribution in [1.29, 1.82) is 0 Å². The van der Waals surface area contributed by atoms with E-state index in [-0.39, 0.29) is 24.9 Å². The summed E-state index contributed by atoms with van der Waals surface area (Å²) < 4.78 is 11.0. The third kappa shape index (κ3) is 6.72. The van der Waals surface area contributed by atoms with E-state index in [1.165, 1.54) is 0 Å². The molecule has 1 heterocycles. The number of carbonyl (C=O) groups is 2. The van der Waals surface area contributed by atoms with Gasteiger partial charge in [-0.1, -0.05) is 30.3 Å². The van der Waals surface area contributed by atoms with E-state index in [0.29, 0.717) is 30.2 Å². The number of hydrogen-bond acceptors (Lipinski definition) is 5. The van der Waals surface area contributed by atoms with Crippen LogP contribution in [0.3, 0.4) is 0 Å². The minimum absolute atomic E-state index is 0.180. The lowest BCUT2D eigenvalue weighted by Crippen LogP contribution is -2.33. The summed E-state index contributed by atoms with van der Waals surface area (Å²) in [7, 11) is 1.85. The second-order valence-electron chi connectivity index (χ2n) is 7.21. The molecule has 0 aliphatic carbocycles. The van der Waals surface area contributed by atoms with Gasteiger partial charge in [0, 0.05) is 6.54 Å². The van der Waals surface area contributed by atoms with Gasteiger partial charge in [0.1, 0.15) is 18.1 Å². The average molecular weight is 421 g/mol. The van der Waals surface area contributed by atoms with Crippen LogP contribution in [-0.2, 0) is 11.3 Å². The number of para-hydroxylation sites is 2. The first-order chi connectivity index (χ1) is 15.0. The molecule has 162 valence electrons. The van der Waals surface area contributed by atoms with E-state index in [1.807, 2.05) is 43.1 Å². The number of carbonyl (C=O) groups excluding carboxylic acids is 2. The number of ether oxygens (including phenoxy) is 1. The fourth-order valence-corrected chi connectivity index (χ4v) is 3.01. The van der Waals surface area contributed by atoms with E-state index in [2.05, 4.69) is 10.6 Å². The van der Waals surface area contributed by atoms with E-state index in [1.54, 1.807) is 42.7 Å². The summed E-state index contributed by atoms with van der Waals surface area (Å²) >= 11 is 0. The molecule has 7 heteroatoms. The third-order valence-corrected chi connectivity index (χ3v) is 4.69. The minimum atomic E-state index is -0.285. The molecule has 0 aliphatic rings. The molecule has 0 atom stereocenters. The van der Waals surface area contributed by atoms with Crippen molar-refractivity contribution in [3.63, 3.8) is 0 Å². The lowest BCUT2D eigenvalue weighted by Gasteiger charge is -2.18. The summed E-state index contributed by atoms with van der Waals surface area (Å²) in [5.41, 5.74) is 1.94. The number of anilines is 1. The SMILES string of the molecule is Cc1ccccc1OCCN(C)CC(=O)Nc1ccccc1C(=O)NCc1ccco1. The fourth-order valence-electron chi connectivity index (χ4n) is 3.01. The molecule has 0 aliphatic heterocycles. The second kappa shape index (κ2) is 11.0. The predicted octanol–water partition coefficient (Wildman–Crippen LogP) is 3.47. The van der Waals surface area contributed by atoms with E-state index in [0.717, 1.165) is 11.3 Å². The summed E-state index contributed by atoms with van der Waals surface area (Å²) in [6.45, 7) is 3.51. The molecule has 1 aromatic heterocycles. The second-order valence-corrected chi connectivity index (χ2v) is 7.21. The standard InChI is InChI=1S/C24H27N3O4/c1-18-8-3-6-12-22(18)31-15-13-27(2)17-23(28)26-21-11-5-4-10-20(21)24(29)25-16-19-9-7-14-30-19/h3-12,14H,13,15-17H2,1-2H3,(H,25,29)(H,26,28). The number of rotatable bonds is 10. The van der Waals surface area contributed by atoms with Crippen molar-refractivity contribution in [2.45, 2.75) is 13.5 Å². The van der Waals surface area contributed by atoms with Gasteiger partial charge in [0.05, 0.1) is 30.6 Å². The maximum atomic E-state index is 12.5. The zero-order chi connectivity index (χ0) is 22.1. The topological polar surface area (TPSA) is 83.8 Å². The summed E-state index contributed by atoms with van der Waals surface area (Å²) in [6.07, 6.45) is 1.55. The molecule has 0 spiro atoms. The Hall–Kier alpha value is -3.58. The van der Waals surface area contributed by atoms with Crippen LogP contribution in [0.15, 0.2) is 71.3 Å². The van der Waals surface area contributed by atoms with Crippen molar-refractivity contribution in [1.82, 2.24) is 10.2 Å². The maximum absolute atomic E-state index is 12.5. The molecule has 0 fully saturated rings. The molecule has 2 amide bonds. The first kappa shape index (κ1) is 22.1. The highest BCUT2D eigenvalue weighted by Crippen LogP contribution is 2.17. The molecule has 0 radical (unpaired) electrons. The number of furan rings is 1. The van der Waals surface area contributed by atoms with E-state index in [9.17, 15) is 9.59 Å². The zero-order valence-electron chi connectivity index (χ0n) is 17.8. The molecule has 2 aromatic carbocycles. The summed E-state index contributed by atoms with van der Waals surface area (Å²) in [6, 6.07) is 18.3. The number of likely N-dealkylation sites (N-methyl/N-ethyl adjacent to an activating group) is 1. The van der Waals surface area contributed by atoms with Crippen LogP contribution in [0, 0.1) is 6.92 Å². The van der Waals surface area contributed by atoms with E-state index >= 15 is 0 Å². The van der Waals surface area contributed by atoms with Crippen molar-refractivity contribution < 1.29 is 18.7 Å². The highest BCUT2D eigenvalue weighted by atomic mass is 16.5. The van der Waals surface area contributed by atoms with Gasteiger partial charge in [-0.05, 0) is 49.9 Å². The van der Waals surface area contributed by atoms with Gasteiger partial charge < -0.3 is 19.8 Å². The van der Waals surface area contributed by atoms with Crippen molar-refractivity contribution in [2.75, 3.05) is 32.1 Å². The normalized spacial score (nSPS) is 10.7. The quantitative estimate of drug-likeness (QED) is 0.524. The molecule has 3 rings (SSSR count). The van der Waals surface area contributed by atoms with Gasteiger partial charge in [-0.25, -0.2) is 0 Å². The molecule has 0 saturated heterocycles. The number of nitrogens with one attached hydrogen (secondary N) is 2. The van der Waals surface area contributed by atoms with Gasteiger partial charge in [0.2, 0.25) is 5.91 Å². The Morgan fingerprint density at radius 2 is 1.81 bits per heavy atom. The summed E-state index contributed by atoms with van der Waals surface area (Å²) in [5, 5.41) is 5.62. The van der Waals surface area contributed by atoms with E-state index in [4.69, 9.17) is 9.15 Å². The van der Waals surface area contributed by atoms with Crippen molar-refractivity contribution in [3.8, 4) is 5.75 Å².